The van der Waals surface area contributed by atoms with Crippen molar-refractivity contribution in [3.63, 3.8) is 0 Å². The van der Waals surface area contributed by atoms with Crippen LogP contribution in [-0.4, -0.2) is 14.5 Å². The molecule has 0 fully saturated rings. The normalized spacial score (nSPS) is 11.0. The molecule has 3 aromatic rings. The number of hydrogen-bond donors (Lipinski definition) is 0. The van der Waals surface area contributed by atoms with Crippen LogP contribution in [0.25, 0.3) is 10.9 Å². The van der Waals surface area contributed by atoms with Crippen molar-refractivity contribution >= 4 is 44.3 Å². The zero-order valence-corrected chi connectivity index (χ0v) is 15.7. The van der Waals surface area contributed by atoms with Crippen LogP contribution in [-0.2, 0) is 12.3 Å². The molecule has 0 bridgehead atoms. The number of nitro benzene ring substituents is 1. The summed E-state index contributed by atoms with van der Waals surface area (Å²) in [5.41, 5.74) is 1.58. The summed E-state index contributed by atoms with van der Waals surface area (Å²) < 4.78 is 2.48. The summed E-state index contributed by atoms with van der Waals surface area (Å²) in [5.74, 6) is 0.576. The second-order valence-electron chi connectivity index (χ2n) is 5.32. The minimum Gasteiger partial charge on any atom is -0.287 e. The first-order chi connectivity index (χ1) is 12.0. The SMILES string of the molecule is CCn1c(SCc2ccc([N+](=O)[O-])cc2)nc2ccc(Br)cc2c1=O. The zero-order chi connectivity index (χ0) is 18.0. The highest BCUT2D eigenvalue weighted by molar-refractivity contribution is 9.10. The van der Waals surface area contributed by atoms with Gasteiger partial charge in [0.15, 0.2) is 5.16 Å². The lowest BCUT2D eigenvalue weighted by Crippen LogP contribution is -2.22. The minimum absolute atomic E-state index is 0.0635. The number of halogens is 1. The Kier molecular flexibility index (Phi) is 5.19. The zero-order valence-electron chi connectivity index (χ0n) is 13.3. The van der Waals surface area contributed by atoms with Gasteiger partial charge in [0.05, 0.1) is 15.8 Å². The van der Waals surface area contributed by atoms with Crippen LogP contribution in [0.5, 0.6) is 0 Å². The number of rotatable bonds is 5. The van der Waals surface area contributed by atoms with Gasteiger partial charge in [-0.15, -0.1) is 0 Å². The number of non-ortho nitro benzene ring substituents is 1. The number of nitrogens with zero attached hydrogens (tertiary/aromatic N) is 3. The van der Waals surface area contributed by atoms with Crippen LogP contribution in [0.2, 0.25) is 0 Å². The first-order valence-corrected chi connectivity index (χ1v) is 9.33. The van der Waals surface area contributed by atoms with Gasteiger partial charge in [0, 0.05) is 28.9 Å². The second kappa shape index (κ2) is 7.37. The summed E-state index contributed by atoms with van der Waals surface area (Å²) in [6.07, 6.45) is 0. The second-order valence-corrected chi connectivity index (χ2v) is 7.18. The first-order valence-electron chi connectivity index (χ1n) is 7.56. The number of hydrogen-bond acceptors (Lipinski definition) is 5. The van der Waals surface area contributed by atoms with Gasteiger partial charge in [0.25, 0.3) is 11.2 Å². The van der Waals surface area contributed by atoms with Gasteiger partial charge in [-0.3, -0.25) is 19.5 Å². The van der Waals surface area contributed by atoms with Crippen LogP contribution in [0.3, 0.4) is 0 Å². The smallest absolute Gasteiger partial charge is 0.269 e. The van der Waals surface area contributed by atoms with E-state index in [4.69, 9.17) is 0 Å². The number of aromatic nitrogens is 2. The Labute approximate surface area is 156 Å². The number of fused-ring (bicyclic) bond motifs is 1. The standard InChI is InChI=1S/C17H14BrN3O3S/c1-2-20-16(22)14-9-12(18)5-8-15(14)19-17(20)25-10-11-3-6-13(7-4-11)21(23)24/h3-9H,2,10H2,1H3. The maximum absolute atomic E-state index is 12.7. The largest absolute Gasteiger partial charge is 0.287 e. The molecule has 0 amide bonds. The molecule has 0 unspecified atom stereocenters. The molecule has 0 aliphatic heterocycles. The van der Waals surface area contributed by atoms with E-state index < -0.39 is 4.92 Å². The van der Waals surface area contributed by atoms with E-state index in [0.29, 0.717) is 28.4 Å². The van der Waals surface area contributed by atoms with Crippen molar-refractivity contribution in [2.24, 2.45) is 0 Å². The number of thioether (sulfide) groups is 1. The molecule has 0 saturated carbocycles. The van der Waals surface area contributed by atoms with E-state index in [1.165, 1.54) is 23.9 Å². The molecule has 0 aliphatic carbocycles. The van der Waals surface area contributed by atoms with Crippen molar-refractivity contribution in [2.45, 2.75) is 24.4 Å². The molecule has 128 valence electrons. The Hall–Kier alpha value is -2.19. The Morgan fingerprint density at radius 1 is 1.24 bits per heavy atom. The summed E-state index contributed by atoms with van der Waals surface area (Å²) in [7, 11) is 0. The molecule has 8 heteroatoms. The van der Waals surface area contributed by atoms with Crippen LogP contribution in [0, 0.1) is 10.1 Å². The molecule has 0 spiro atoms. The molecular weight excluding hydrogens is 406 g/mol. The Morgan fingerprint density at radius 3 is 2.60 bits per heavy atom. The van der Waals surface area contributed by atoms with Crippen molar-refractivity contribution in [1.82, 2.24) is 9.55 Å². The first kappa shape index (κ1) is 17.6. The quantitative estimate of drug-likeness (QED) is 0.265. The summed E-state index contributed by atoms with van der Waals surface area (Å²) in [6.45, 7) is 2.43. The van der Waals surface area contributed by atoms with Crippen molar-refractivity contribution in [2.75, 3.05) is 0 Å². The predicted molar refractivity (Wildman–Crippen MR) is 102 cm³/mol. The van der Waals surface area contributed by atoms with Gasteiger partial charge in [0.1, 0.15) is 0 Å². The highest BCUT2D eigenvalue weighted by Gasteiger charge is 2.11. The van der Waals surface area contributed by atoms with Crippen LogP contribution >= 0.6 is 27.7 Å². The number of nitro groups is 1. The third-order valence-corrected chi connectivity index (χ3v) is 5.25. The van der Waals surface area contributed by atoms with Gasteiger partial charge in [-0.25, -0.2) is 4.98 Å². The van der Waals surface area contributed by atoms with Gasteiger partial charge < -0.3 is 0 Å². The van der Waals surface area contributed by atoms with E-state index in [-0.39, 0.29) is 11.2 Å². The summed E-state index contributed by atoms with van der Waals surface area (Å²) >= 11 is 4.82. The highest BCUT2D eigenvalue weighted by atomic mass is 79.9. The summed E-state index contributed by atoms with van der Waals surface area (Å²) in [6, 6.07) is 11.9. The van der Waals surface area contributed by atoms with Gasteiger partial charge >= 0.3 is 0 Å². The molecule has 0 atom stereocenters. The Bertz CT molecular complexity index is 1000. The average molecular weight is 420 g/mol. The molecule has 6 nitrogen and oxygen atoms in total. The maximum atomic E-state index is 12.7. The molecule has 2 aromatic carbocycles. The van der Waals surface area contributed by atoms with Gasteiger partial charge in [-0.05, 0) is 30.7 Å². The summed E-state index contributed by atoms with van der Waals surface area (Å²) in [5, 5.41) is 11.9. The lowest BCUT2D eigenvalue weighted by molar-refractivity contribution is -0.384. The number of benzene rings is 2. The van der Waals surface area contributed by atoms with E-state index in [1.54, 1.807) is 22.8 Å². The molecule has 0 saturated heterocycles. The fourth-order valence-corrected chi connectivity index (χ4v) is 3.80. The molecule has 0 N–H and O–H groups in total. The summed E-state index contributed by atoms with van der Waals surface area (Å²) in [4.78, 5) is 27.6. The fourth-order valence-electron chi connectivity index (χ4n) is 2.42. The topological polar surface area (TPSA) is 78.0 Å². The van der Waals surface area contributed by atoms with Crippen molar-refractivity contribution in [1.29, 1.82) is 0 Å². The third kappa shape index (κ3) is 3.74. The van der Waals surface area contributed by atoms with Crippen molar-refractivity contribution < 1.29 is 4.92 Å². The van der Waals surface area contributed by atoms with Crippen molar-refractivity contribution in [3.05, 3.63) is 73.0 Å². The van der Waals surface area contributed by atoms with E-state index in [9.17, 15) is 14.9 Å². The molecule has 0 radical (unpaired) electrons. The predicted octanol–water partition coefficient (Wildman–Crippen LogP) is 4.38. The van der Waals surface area contributed by atoms with Gasteiger partial charge in [0.2, 0.25) is 0 Å². The van der Waals surface area contributed by atoms with E-state index in [1.807, 2.05) is 19.1 Å². The molecule has 1 heterocycles. The average Bonchev–Trinajstić information content (AvgIpc) is 2.61. The fraction of sp³-hybridized carbons (Fsp3) is 0.176. The highest BCUT2D eigenvalue weighted by Crippen LogP contribution is 2.24. The van der Waals surface area contributed by atoms with E-state index in [0.717, 1.165) is 10.0 Å². The molecule has 0 aliphatic rings. The van der Waals surface area contributed by atoms with Crippen molar-refractivity contribution in [3.8, 4) is 0 Å². The van der Waals surface area contributed by atoms with E-state index >= 15 is 0 Å². The van der Waals surface area contributed by atoms with Gasteiger partial charge in [-0.1, -0.05) is 39.8 Å². The van der Waals surface area contributed by atoms with E-state index in [2.05, 4.69) is 20.9 Å². The van der Waals surface area contributed by atoms with Crippen LogP contribution in [0.4, 0.5) is 5.69 Å². The molecule has 1 aromatic heterocycles. The minimum atomic E-state index is -0.422. The van der Waals surface area contributed by atoms with Gasteiger partial charge in [-0.2, -0.15) is 0 Å². The van der Waals surface area contributed by atoms with Crippen LogP contribution in [0.15, 0.2) is 56.9 Å². The molecule has 3 rings (SSSR count). The molecule has 25 heavy (non-hydrogen) atoms. The Balaban J connectivity index is 1.91. The monoisotopic (exact) mass is 419 g/mol. The lowest BCUT2D eigenvalue weighted by atomic mass is 10.2. The lowest BCUT2D eigenvalue weighted by Gasteiger charge is -2.11. The van der Waals surface area contributed by atoms with Crippen LogP contribution < -0.4 is 5.56 Å². The third-order valence-electron chi connectivity index (χ3n) is 3.71. The molecular formula is C17H14BrN3O3S. The van der Waals surface area contributed by atoms with Crippen LogP contribution in [0.1, 0.15) is 12.5 Å². The Morgan fingerprint density at radius 2 is 1.96 bits per heavy atom. The maximum Gasteiger partial charge on any atom is 0.269 e.